The predicted molar refractivity (Wildman–Crippen MR) is 84.6 cm³/mol. The maximum Gasteiger partial charge on any atom is 0.189 e. The molecule has 0 amide bonds. The van der Waals surface area contributed by atoms with Crippen LogP contribution in [0.4, 0.5) is 5.82 Å². The van der Waals surface area contributed by atoms with Crippen LogP contribution in [0.2, 0.25) is 0 Å². The molecule has 0 spiro atoms. The maximum absolute atomic E-state index is 11.5. The van der Waals surface area contributed by atoms with E-state index in [4.69, 9.17) is 4.74 Å². The van der Waals surface area contributed by atoms with Crippen LogP contribution in [0.25, 0.3) is 0 Å². The average Bonchev–Trinajstić information content (AvgIpc) is 2.35. The fraction of sp³-hybridized carbons (Fsp3) is 0.692. The van der Waals surface area contributed by atoms with Gasteiger partial charge in [0.25, 0.3) is 0 Å². The summed E-state index contributed by atoms with van der Waals surface area (Å²) in [6, 6.07) is 1.77. The van der Waals surface area contributed by atoms with E-state index in [1.807, 2.05) is 6.26 Å². The summed E-state index contributed by atoms with van der Waals surface area (Å²) in [5.41, 5.74) is 0.360. The SMILES string of the molecule is CSc1nc(CS(C)(=O)=O)cc(N2CCOCC2(C)C)n1. The Labute approximate surface area is 130 Å². The molecular weight excluding hydrogens is 310 g/mol. The first kappa shape index (κ1) is 16.5. The molecule has 1 fully saturated rings. The Morgan fingerprint density at radius 2 is 2.14 bits per heavy atom. The number of ether oxygens (including phenoxy) is 1. The highest BCUT2D eigenvalue weighted by molar-refractivity contribution is 7.98. The van der Waals surface area contributed by atoms with Gasteiger partial charge >= 0.3 is 0 Å². The van der Waals surface area contributed by atoms with Crippen molar-refractivity contribution >= 4 is 27.4 Å². The molecule has 1 aromatic heterocycles. The van der Waals surface area contributed by atoms with Crippen LogP contribution in [0, 0.1) is 0 Å². The minimum Gasteiger partial charge on any atom is -0.377 e. The summed E-state index contributed by atoms with van der Waals surface area (Å²) in [6.07, 6.45) is 3.10. The zero-order valence-electron chi connectivity index (χ0n) is 12.8. The number of hydrogen-bond donors (Lipinski definition) is 0. The van der Waals surface area contributed by atoms with Crippen LogP contribution in [0.1, 0.15) is 19.5 Å². The summed E-state index contributed by atoms with van der Waals surface area (Å²) >= 11 is 1.41. The Bertz CT molecular complexity index is 617. The summed E-state index contributed by atoms with van der Waals surface area (Å²) in [6.45, 7) is 6.17. The Kier molecular flexibility index (Phi) is 4.79. The molecule has 1 aliphatic heterocycles. The molecule has 2 rings (SSSR count). The fourth-order valence-electron chi connectivity index (χ4n) is 2.31. The molecule has 0 unspecified atom stereocenters. The van der Waals surface area contributed by atoms with Gasteiger partial charge < -0.3 is 9.64 Å². The molecule has 8 heteroatoms. The van der Waals surface area contributed by atoms with Crippen LogP contribution in [-0.4, -0.2) is 56.2 Å². The van der Waals surface area contributed by atoms with Gasteiger partial charge in [-0.15, -0.1) is 0 Å². The van der Waals surface area contributed by atoms with Crippen molar-refractivity contribution in [3.63, 3.8) is 0 Å². The second kappa shape index (κ2) is 6.10. The van der Waals surface area contributed by atoms with Crippen molar-refractivity contribution in [2.24, 2.45) is 0 Å². The molecular formula is C13H21N3O3S2. The molecule has 118 valence electrons. The molecule has 1 saturated heterocycles. The third-order valence-electron chi connectivity index (χ3n) is 3.26. The smallest absolute Gasteiger partial charge is 0.189 e. The van der Waals surface area contributed by atoms with E-state index in [0.717, 1.165) is 12.4 Å². The summed E-state index contributed by atoms with van der Waals surface area (Å²) < 4.78 is 28.5. The molecule has 0 atom stereocenters. The highest BCUT2D eigenvalue weighted by Gasteiger charge is 2.32. The van der Waals surface area contributed by atoms with Gasteiger partial charge in [-0.3, -0.25) is 0 Å². The van der Waals surface area contributed by atoms with Crippen LogP contribution in [-0.2, 0) is 20.3 Å². The average molecular weight is 331 g/mol. The van der Waals surface area contributed by atoms with Crippen LogP contribution in [0.3, 0.4) is 0 Å². The lowest BCUT2D eigenvalue weighted by Gasteiger charge is -2.43. The first-order chi connectivity index (χ1) is 9.71. The molecule has 1 aromatic rings. The molecule has 0 radical (unpaired) electrons. The maximum atomic E-state index is 11.5. The molecule has 0 N–H and O–H groups in total. The van der Waals surface area contributed by atoms with Gasteiger partial charge in [0.15, 0.2) is 15.0 Å². The highest BCUT2D eigenvalue weighted by atomic mass is 32.2. The van der Waals surface area contributed by atoms with Gasteiger partial charge in [0, 0.05) is 18.9 Å². The first-order valence-electron chi connectivity index (χ1n) is 6.66. The monoisotopic (exact) mass is 331 g/mol. The zero-order chi connectivity index (χ0) is 15.7. The van der Waals surface area contributed by atoms with Gasteiger partial charge in [-0.25, -0.2) is 18.4 Å². The fourth-order valence-corrected chi connectivity index (χ4v) is 3.39. The summed E-state index contributed by atoms with van der Waals surface area (Å²) in [4.78, 5) is 11.0. The summed E-state index contributed by atoms with van der Waals surface area (Å²) in [5, 5.41) is 0.591. The zero-order valence-corrected chi connectivity index (χ0v) is 14.4. The largest absolute Gasteiger partial charge is 0.377 e. The van der Waals surface area contributed by atoms with Crippen molar-refractivity contribution in [1.29, 1.82) is 0 Å². The van der Waals surface area contributed by atoms with Gasteiger partial charge in [0.1, 0.15) is 5.82 Å². The lowest BCUT2D eigenvalue weighted by Crippen LogP contribution is -2.53. The van der Waals surface area contributed by atoms with Gasteiger partial charge in [-0.1, -0.05) is 11.8 Å². The summed E-state index contributed by atoms with van der Waals surface area (Å²) in [7, 11) is -3.12. The third kappa shape index (κ3) is 4.31. The van der Waals surface area contributed by atoms with E-state index in [0.29, 0.717) is 24.1 Å². The first-order valence-corrected chi connectivity index (χ1v) is 9.95. The van der Waals surface area contributed by atoms with E-state index < -0.39 is 9.84 Å². The van der Waals surface area contributed by atoms with Crippen molar-refractivity contribution in [1.82, 2.24) is 9.97 Å². The minimum atomic E-state index is -3.12. The van der Waals surface area contributed by atoms with E-state index in [2.05, 4.69) is 28.7 Å². The van der Waals surface area contributed by atoms with Crippen LogP contribution >= 0.6 is 11.8 Å². The molecule has 1 aliphatic rings. The number of anilines is 1. The number of nitrogens with zero attached hydrogens (tertiary/aromatic N) is 3. The van der Waals surface area contributed by atoms with E-state index in [-0.39, 0.29) is 11.3 Å². The predicted octanol–water partition coefficient (Wildman–Crippen LogP) is 1.36. The molecule has 0 aliphatic carbocycles. The Morgan fingerprint density at radius 3 is 2.71 bits per heavy atom. The van der Waals surface area contributed by atoms with Crippen LogP contribution in [0.5, 0.6) is 0 Å². The molecule has 2 heterocycles. The normalized spacial score (nSPS) is 18.8. The van der Waals surface area contributed by atoms with Crippen molar-refractivity contribution in [2.75, 3.05) is 37.2 Å². The second-order valence-electron chi connectivity index (χ2n) is 5.79. The topological polar surface area (TPSA) is 72.4 Å². The lowest BCUT2D eigenvalue weighted by atomic mass is 10.0. The number of rotatable bonds is 4. The quantitative estimate of drug-likeness (QED) is 0.609. The Hall–Kier alpha value is -0.860. The number of morpholine rings is 1. The van der Waals surface area contributed by atoms with Crippen LogP contribution < -0.4 is 4.90 Å². The van der Waals surface area contributed by atoms with Gasteiger partial charge in [0.2, 0.25) is 0 Å². The molecule has 0 saturated carbocycles. The van der Waals surface area contributed by atoms with E-state index in [9.17, 15) is 8.42 Å². The number of hydrogen-bond acceptors (Lipinski definition) is 7. The standard InChI is InChI=1S/C13H21N3O3S2/c1-13(2)9-19-6-5-16(13)11-7-10(8-21(4,17)18)14-12(15-11)20-3/h7H,5-6,8-9H2,1-4H3. The summed E-state index contributed by atoms with van der Waals surface area (Å²) in [5.74, 6) is 0.696. The third-order valence-corrected chi connectivity index (χ3v) is 4.63. The van der Waals surface area contributed by atoms with Gasteiger partial charge in [-0.2, -0.15) is 0 Å². The minimum absolute atomic E-state index is 0.0686. The van der Waals surface area contributed by atoms with E-state index in [1.165, 1.54) is 18.0 Å². The molecule has 0 bridgehead atoms. The Morgan fingerprint density at radius 1 is 1.43 bits per heavy atom. The van der Waals surface area contributed by atoms with Crippen molar-refractivity contribution < 1.29 is 13.2 Å². The second-order valence-corrected chi connectivity index (χ2v) is 8.70. The van der Waals surface area contributed by atoms with Crippen molar-refractivity contribution in [3.8, 4) is 0 Å². The van der Waals surface area contributed by atoms with Gasteiger partial charge in [-0.05, 0) is 20.1 Å². The molecule has 21 heavy (non-hydrogen) atoms. The van der Waals surface area contributed by atoms with Crippen LogP contribution in [0.15, 0.2) is 11.2 Å². The van der Waals surface area contributed by atoms with E-state index in [1.54, 1.807) is 6.07 Å². The number of aromatic nitrogens is 2. The lowest BCUT2D eigenvalue weighted by molar-refractivity contribution is 0.0638. The number of thioether (sulfide) groups is 1. The van der Waals surface area contributed by atoms with E-state index >= 15 is 0 Å². The van der Waals surface area contributed by atoms with Crippen molar-refractivity contribution in [2.45, 2.75) is 30.3 Å². The highest BCUT2D eigenvalue weighted by Crippen LogP contribution is 2.27. The molecule has 6 nitrogen and oxygen atoms in total. The van der Waals surface area contributed by atoms with Gasteiger partial charge in [0.05, 0.1) is 30.2 Å². The Balaban J connectivity index is 2.40. The number of sulfone groups is 1. The van der Waals surface area contributed by atoms with Crippen molar-refractivity contribution in [3.05, 3.63) is 11.8 Å². The molecule has 0 aromatic carbocycles.